The minimum Gasteiger partial charge on any atom is -0.379 e. The standard InChI is InChI=1S/C26H17ClN2O4S/c27-22-9-11-23(12-10-22)29-26(30)21(17-28)14-18-4-3-7-24(15-18)33-34(31,32)25-13-8-19-5-1-2-6-20(19)16-25/h1-16H,(H,29,30)/b21-14-. The fraction of sp³-hybridized carbons (Fsp3) is 0. The van der Waals surface area contributed by atoms with Crippen LogP contribution in [0.25, 0.3) is 16.8 Å². The van der Waals surface area contributed by atoms with Crippen LogP contribution in [0.1, 0.15) is 5.56 Å². The van der Waals surface area contributed by atoms with Gasteiger partial charge in [0.2, 0.25) is 0 Å². The molecule has 0 spiro atoms. The van der Waals surface area contributed by atoms with Gasteiger partial charge in [0.05, 0.1) is 0 Å². The third kappa shape index (κ3) is 5.44. The van der Waals surface area contributed by atoms with Crippen LogP contribution in [0.5, 0.6) is 5.75 Å². The lowest BCUT2D eigenvalue weighted by Crippen LogP contribution is -2.13. The van der Waals surface area contributed by atoms with Crippen molar-refractivity contribution in [2.45, 2.75) is 4.90 Å². The van der Waals surface area contributed by atoms with Gasteiger partial charge in [0, 0.05) is 10.7 Å². The third-order valence-corrected chi connectivity index (χ3v) is 6.35. The maximum Gasteiger partial charge on any atom is 0.339 e. The zero-order chi connectivity index (χ0) is 24.1. The Kier molecular flexibility index (Phi) is 6.64. The van der Waals surface area contributed by atoms with Crippen molar-refractivity contribution in [2.24, 2.45) is 0 Å². The number of rotatable bonds is 6. The number of nitrogens with zero attached hydrogens (tertiary/aromatic N) is 1. The van der Waals surface area contributed by atoms with E-state index in [0.717, 1.165) is 10.8 Å². The number of nitrogens with one attached hydrogen (secondary N) is 1. The zero-order valence-electron chi connectivity index (χ0n) is 17.6. The van der Waals surface area contributed by atoms with Gasteiger partial charge < -0.3 is 9.50 Å². The quantitative estimate of drug-likeness (QED) is 0.210. The number of fused-ring (bicyclic) bond motifs is 1. The summed E-state index contributed by atoms with van der Waals surface area (Å²) >= 11 is 5.84. The predicted molar refractivity (Wildman–Crippen MR) is 132 cm³/mol. The van der Waals surface area contributed by atoms with Crippen LogP contribution in [0.4, 0.5) is 5.69 Å². The van der Waals surface area contributed by atoms with Crippen LogP contribution in [0.2, 0.25) is 5.02 Å². The largest absolute Gasteiger partial charge is 0.379 e. The lowest BCUT2D eigenvalue weighted by atomic mass is 10.1. The Morgan fingerprint density at radius 1 is 0.912 bits per heavy atom. The van der Waals surface area contributed by atoms with Crippen LogP contribution >= 0.6 is 11.6 Å². The van der Waals surface area contributed by atoms with Gasteiger partial charge in [-0.1, -0.05) is 54.1 Å². The minimum atomic E-state index is -4.09. The lowest BCUT2D eigenvalue weighted by molar-refractivity contribution is -0.112. The van der Waals surface area contributed by atoms with Gasteiger partial charge in [0.25, 0.3) is 5.91 Å². The number of carbonyl (C=O) groups is 1. The molecule has 1 amide bonds. The van der Waals surface area contributed by atoms with Crippen molar-refractivity contribution in [1.82, 2.24) is 0 Å². The number of benzene rings is 4. The molecule has 0 bridgehead atoms. The summed E-state index contributed by atoms with van der Waals surface area (Å²) in [7, 11) is -4.09. The van der Waals surface area contributed by atoms with Gasteiger partial charge in [-0.3, -0.25) is 4.79 Å². The summed E-state index contributed by atoms with van der Waals surface area (Å²) in [5.41, 5.74) is 0.743. The second kappa shape index (κ2) is 9.79. The molecule has 4 rings (SSSR count). The number of nitriles is 1. The van der Waals surface area contributed by atoms with Crippen LogP contribution < -0.4 is 9.50 Å². The molecule has 0 aliphatic heterocycles. The molecule has 4 aromatic carbocycles. The van der Waals surface area contributed by atoms with Crippen molar-refractivity contribution in [3.05, 3.63) is 107 Å². The molecule has 0 unspecified atom stereocenters. The Bertz CT molecular complexity index is 1560. The molecule has 34 heavy (non-hydrogen) atoms. The van der Waals surface area contributed by atoms with Gasteiger partial charge in [-0.05, 0) is 70.9 Å². The molecular formula is C26H17ClN2O4S. The van der Waals surface area contributed by atoms with Gasteiger partial charge in [0.15, 0.2) is 0 Å². The van der Waals surface area contributed by atoms with Crippen LogP contribution in [-0.2, 0) is 14.9 Å². The van der Waals surface area contributed by atoms with E-state index in [9.17, 15) is 18.5 Å². The van der Waals surface area contributed by atoms with Crippen molar-refractivity contribution < 1.29 is 17.4 Å². The maximum atomic E-state index is 12.8. The van der Waals surface area contributed by atoms with Crippen LogP contribution in [0, 0.1) is 11.3 Å². The summed E-state index contributed by atoms with van der Waals surface area (Å²) in [6.07, 6.45) is 1.35. The maximum absolute atomic E-state index is 12.8. The molecular weight excluding hydrogens is 472 g/mol. The summed E-state index contributed by atoms with van der Waals surface area (Å²) in [6, 6.07) is 26.6. The van der Waals surface area contributed by atoms with E-state index in [1.165, 1.54) is 24.3 Å². The molecule has 0 aromatic heterocycles. The molecule has 0 saturated heterocycles. The lowest BCUT2D eigenvalue weighted by Gasteiger charge is -2.09. The molecule has 0 saturated carbocycles. The summed E-state index contributed by atoms with van der Waals surface area (Å²) in [4.78, 5) is 12.5. The number of amides is 1. The second-order valence-electron chi connectivity index (χ2n) is 7.25. The third-order valence-electron chi connectivity index (χ3n) is 4.85. The van der Waals surface area contributed by atoms with E-state index >= 15 is 0 Å². The number of carbonyl (C=O) groups excluding carboxylic acids is 1. The van der Waals surface area contributed by atoms with E-state index in [0.29, 0.717) is 16.3 Å². The average molecular weight is 489 g/mol. The Morgan fingerprint density at radius 3 is 2.38 bits per heavy atom. The summed E-state index contributed by atoms with van der Waals surface area (Å²) < 4.78 is 30.9. The predicted octanol–water partition coefficient (Wildman–Crippen LogP) is 5.81. The fourth-order valence-corrected chi connectivity index (χ4v) is 4.29. The van der Waals surface area contributed by atoms with Crippen molar-refractivity contribution >= 4 is 50.2 Å². The molecule has 0 aliphatic rings. The first-order valence-electron chi connectivity index (χ1n) is 10.1. The Balaban J connectivity index is 1.55. The van der Waals surface area contributed by atoms with Gasteiger partial charge in [-0.2, -0.15) is 13.7 Å². The molecule has 168 valence electrons. The molecule has 0 fully saturated rings. The highest BCUT2D eigenvalue weighted by atomic mass is 35.5. The number of hydrogen-bond donors (Lipinski definition) is 1. The Labute approximate surface area is 201 Å². The van der Waals surface area contributed by atoms with Crippen molar-refractivity contribution in [1.29, 1.82) is 5.26 Å². The van der Waals surface area contributed by atoms with Crippen molar-refractivity contribution in [2.75, 3.05) is 5.32 Å². The normalized spacial score (nSPS) is 11.6. The average Bonchev–Trinajstić information content (AvgIpc) is 2.83. The van der Waals surface area contributed by atoms with E-state index < -0.39 is 16.0 Å². The molecule has 1 N–H and O–H groups in total. The topological polar surface area (TPSA) is 96.3 Å². The smallest absolute Gasteiger partial charge is 0.339 e. The summed E-state index contributed by atoms with van der Waals surface area (Å²) in [6.45, 7) is 0. The Morgan fingerprint density at radius 2 is 1.65 bits per heavy atom. The first-order valence-corrected chi connectivity index (χ1v) is 11.8. The van der Waals surface area contributed by atoms with Gasteiger partial charge >= 0.3 is 10.1 Å². The molecule has 4 aromatic rings. The highest BCUT2D eigenvalue weighted by Crippen LogP contribution is 2.24. The molecule has 8 heteroatoms. The summed E-state index contributed by atoms with van der Waals surface area (Å²) in [5, 5.41) is 14.3. The van der Waals surface area contributed by atoms with E-state index in [-0.39, 0.29) is 16.2 Å². The number of anilines is 1. The number of halogens is 1. The molecule has 6 nitrogen and oxygen atoms in total. The van der Waals surface area contributed by atoms with E-state index in [4.69, 9.17) is 15.8 Å². The van der Waals surface area contributed by atoms with Gasteiger partial charge in [-0.25, -0.2) is 0 Å². The molecule has 0 aliphatic carbocycles. The van der Waals surface area contributed by atoms with E-state index in [1.807, 2.05) is 30.3 Å². The van der Waals surface area contributed by atoms with E-state index in [2.05, 4.69) is 5.32 Å². The SMILES string of the molecule is N#C/C(=C/c1cccc(OS(=O)(=O)c2ccc3ccccc3c2)c1)C(=O)Nc1ccc(Cl)cc1. The Hall–Kier alpha value is -4.12. The zero-order valence-corrected chi connectivity index (χ0v) is 19.2. The second-order valence-corrected chi connectivity index (χ2v) is 9.23. The highest BCUT2D eigenvalue weighted by molar-refractivity contribution is 7.87. The molecule has 0 heterocycles. The van der Waals surface area contributed by atoms with Crippen LogP contribution in [0.15, 0.2) is 101 Å². The van der Waals surface area contributed by atoms with Crippen LogP contribution in [-0.4, -0.2) is 14.3 Å². The highest BCUT2D eigenvalue weighted by Gasteiger charge is 2.17. The molecule has 0 atom stereocenters. The van der Waals surface area contributed by atoms with Gasteiger partial charge in [-0.15, -0.1) is 0 Å². The fourth-order valence-electron chi connectivity index (χ4n) is 3.20. The first kappa shape index (κ1) is 23.1. The minimum absolute atomic E-state index is 0.0206. The first-order chi connectivity index (χ1) is 16.3. The van der Waals surface area contributed by atoms with E-state index in [1.54, 1.807) is 48.5 Å². The van der Waals surface area contributed by atoms with Crippen molar-refractivity contribution in [3.8, 4) is 11.8 Å². The monoisotopic (exact) mass is 488 g/mol. The molecule has 0 radical (unpaired) electrons. The number of hydrogen-bond acceptors (Lipinski definition) is 5. The van der Waals surface area contributed by atoms with Crippen LogP contribution in [0.3, 0.4) is 0 Å². The van der Waals surface area contributed by atoms with Gasteiger partial charge in [0.1, 0.15) is 22.3 Å². The summed E-state index contributed by atoms with van der Waals surface area (Å²) in [5.74, 6) is -0.558. The van der Waals surface area contributed by atoms with Crippen molar-refractivity contribution in [3.63, 3.8) is 0 Å².